The molecule has 0 spiro atoms. The average molecular weight is 476 g/mol. The number of quaternary nitrogens is 1. The van der Waals surface area contributed by atoms with E-state index in [1.807, 2.05) is 0 Å². The number of nitrogens with zero attached hydrogens (tertiary/aromatic N) is 1. The highest BCUT2D eigenvalue weighted by atomic mass is 127. The van der Waals surface area contributed by atoms with Crippen LogP contribution in [0.5, 0.6) is 0 Å². The molecule has 0 saturated carbocycles. The van der Waals surface area contributed by atoms with E-state index in [-0.39, 0.29) is 24.0 Å². The van der Waals surface area contributed by atoms with E-state index in [0.29, 0.717) is 0 Å². The molecule has 0 heterocycles. The lowest BCUT2D eigenvalue weighted by atomic mass is 10.1. The monoisotopic (exact) mass is 475 g/mol. The van der Waals surface area contributed by atoms with Crippen molar-refractivity contribution in [3.8, 4) is 0 Å². The third-order valence-electron chi connectivity index (χ3n) is 4.46. The number of halogens is 2. The lowest BCUT2D eigenvalue weighted by Crippen LogP contribution is -3.00. The molecule has 21 heavy (non-hydrogen) atoms. The van der Waals surface area contributed by atoms with Crippen molar-refractivity contribution < 1.29 is 28.5 Å². The van der Waals surface area contributed by atoms with Gasteiger partial charge in [-0.15, -0.1) is 0 Å². The maximum Gasteiger partial charge on any atom is 0.134 e. The highest BCUT2D eigenvalue weighted by Gasteiger charge is 2.24. The predicted octanol–water partition coefficient (Wildman–Crippen LogP) is 3.51. The van der Waals surface area contributed by atoms with E-state index in [1.54, 1.807) is 0 Å². The van der Waals surface area contributed by atoms with Gasteiger partial charge in [-0.1, -0.05) is 52.9 Å². The Morgan fingerprint density at radius 1 is 0.571 bits per heavy atom. The van der Waals surface area contributed by atoms with Crippen molar-refractivity contribution in [1.82, 2.24) is 0 Å². The standard InChI is InChI=1S/C18H39BrN.HI/c1-4-7-10-13-16-20(18-19,15-12-9-6-3)17-14-11-8-5-2;/h4-18H2,1-3H3;1H/q+1;/p-1. The molecule has 0 aromatic carbocycles. The van der Waals surface area contributed by atoms with E-state index in [9.17, 15) is 0 Å². The summed E-state index contributed by atoms with van der Waals surface area (Å²) in [6, 6.07) is 0. The van der Waals surface area contributed by atoms with Gasteiger partial charge >= 0.3 is 0 Å². The minimum Gasteiger partial charge on any atom is -1.00 e. The summed E-state index contributed by atoms with van der Waals surface area (Å²) in [5.41, 5.74) is 1.16. The van der Waals surface area contributed by atoms with E-state index in [1.165, 1.54) is 94.7 Å². The largest absolute Gasteiger partial charge is 1.00 e. The van der Waals surface area contributed by atoms with E-state index in [0.717, 1.165) is 5.45 Å². The van der Waals surface area contributed by atoms with Crippen LogP contribution in [-0.4, -0.2) is 29.6 Å². The number of hydrogen-bond acceptors (Lipinski definition) is 0. The molecular weight excluding hydrogens is 437 g/mol. The Bertz CT molecular complexity index is 188. The first-order valence-corrected chi connectivity index (χ1v) is 10.3. The summed E-state index contributed by atoms with van der Waals surface area (Å²) in [5.74, 6) is 0. The van der Waals surface area contributed by atoms with E-state index in [4.69, 9.17) is 0 Å². The minimum absolute atomic E-state index is 0. The first-order chi connectivity index (χ1) is 9.74. The molecule has 130 valence electrons. The maximum atomic E-state index is 3.84. The fourth-order valence-electron chi connectivity index (χ4n) is 2.96. The van der Waals surface area contributed by atoms with E-state index in [2.05, 4.69) is 36.7 Å². The number of rotatable bonds is 15. The molecule has 0 amide bonds. The van der Waals surface area contributed by atoms with Crippen molar-refractivity contribution in [3.05, 3.63) is 0 Å². The Balaban J connectivity index is 0. The Kier molecular flexibility index (Phi) is 20.4. The molecule has 0 N–H and O–H groups in total. The van der Waals surface area contributed by atoms with Crippen molar-refractivity contribution in [3.63, 3.8) is 0 Å². The summed E-state index contributed by atoms with van der Waals surface area (Å²) in [5, 5.41) is 0. The van der Waals surface area contributed by atoms with Gasteiger partial charge in [0.15, 0.2) is 0 Å². The molecule has 0 unspecified atom stereocenters. The minimum atomic E-state index is 0. The summed E-state index contributed by atoms with van der Waals surface area (Å²) in [6.45, 7) is 11.1. The molecule has 0 aromatic heterocycles. The van der Waals surface area contributed by atoms with Crippen LogP contribution in [0.2, 0.25) is 0 Å². The highest BCUT2D eigenvalue weighted by molar-refractivity contribution is 9.09. The summed E-state index contributed by atoms with van der Waals surface area (Å²) < 4.78 is 1.33. The second kappa shape index (κ2) is 17.5. The molecule has 0 radical (unpaired) electrons. The number of unbranched alkanes of at least 4 members (excludes halogenated alkanes) is 8. The third-order valence-corrected chi connectivity index (χ3v) is 5.53. The van der Waals surface area contributed by atoms with Gasteiger partial charge in [-0.05, 0) is 54.5 Å². The zero-order chi connectivity index (χ0) is 15.1. The van der Waals surface area contributed by atoms with Crippen LogP contribution in [0.4, 0.5) is 0 Å². The van der Waals surface area contributed by atoms with Crippen molar-refractivity contribution in [2.45, 2.75) is 91.4 Å². The lowest BCUT2D eigenvalue weighted by molar-refractivity contribution is -0.916. The molecule has 0 fully saturated rings. The molecule has 0 rings (SSSR count). The summed E-state index contributed by atoms with van der Waals surface area (Å²) in [4.78, 5) is 0. The van der Waals surface area contributed by atoms with Gasteiger partial charge in [0.1, 0.15) is 5.45 Å². The first kappa shape index (κ1) is 24.4. The molecule has 3 heteroatoms. The van der Waals surface area contributed by atoms with Crippen LogP contribution in [0.3, 0.4) is 0 Å². The Morgan fingerprint density at radius 2 is 0.905 bits per heavy atom. The fourth-order valence-corrected chi connectivity index (χ4v) is 3.71. The molecule has 0 bridgehead atoms. The van der Waals surface area contributed by atoms with Crippen molar-refractivity contribution in [2.75, 3.05) is 25.1 Å². The van der Waals surface area contributed by atoms with Gasteiger partial charge in [0.25, 0.3) is 0 Å². The Hall–Kier alpha value is 1.17. The fraction of sp³-hybridized carbons (Fsp3) is 1.00. The molecule has 0 aliphatic rings. The average Bonchev–Trinajstić information content (AvgIpc) is 2.47. The van der Waals surface area contributed by atoms with Crippen LogP contribution >= 0.6 is 15.9 Å². The van der Waals surface area contributed by atoms with Gasteiger partial charge in [0.05, 0.1) is 19.6 Å². The smallest absolute Gasteiger partial charge is 0.134 e. The molecule has 0 atom stereocenters. The van der Waals surface area contributed by atoms with Gasteiger partial charge in [-0.25, -0.2) is 0 Å². The normalized spacial score (nSPS) is 11.4. The van der Waals surface area contributed by atoms with Crippen LogP contribution in [0.25, 0.3) is 0 Å². The molecular formula is C18H39BrIN. The van der Waals surface area contributed by atoms with Crippen molar-refractivity contribution in [2.24, 2.45) is 0 Å². The molecule has 1 nitrogen and oxygen atoms in total. The van der Waals surface area contributed by atoms with Crippen LogP contribution in [0.1, 0.15) is 91.4 Å². The number of alkyl halides is 1. The van der Waals surface area contributed by atoms with Crippen LogP contribution in [-0.2, 0) is 0 Å². The van der Waals surface area contributed by atoms with Crippen molar-refractivity contribution in [1.29, 1.82) is 0 Å². The van der Waals surface area contributed by atoms with Gasteiger partial charge in [-0.3, -0.25) is 0 Å². The predicted molar refractivity (Wildman–Crippen MR) is 96.5 cm³/mol. The molecule has 0 aliphatic heterocycles. The van der Waals surface area contributed by atoms with Crippen LogP contribution in [0, 0.1) is 0 Å². The Labute approximate surface area is 160 Å². The van der Waals surface area contributed by atoms with Gasteiger partial charge < -0.3 is 28.5 Å². The third kappa shape index (κ3) is 13.3. The van der Waals surface area contributed by atoms with Gasteiger partial charge in [0.2, 0.25) is 0 Å². The lowest BCUT2D eigenvalue weighted by Gasteiger charge is -2.37. The summed E-state index contributed by atoms with van der Waals surface area (Å²) in [6.07, 6.45) is 15.3. The SMILES string of the molecule is CCCCCC[N+](CBr)(CCCCC)CCCCCC.[I-]. The summed E-state index contributed by atoms with van der Waals surface area (Å²) in [7, 11) is 0. The quantitative estimate of drug-likeness (QED) is 0.112. The van der Waals surface area contributed by atoms with Crippen molar-refractivity contribution >= 4 is 15.9 Å². The van der Waals surface area contributed by atoms with E-state index < -0.39 is 0 Å². The zero-order valence-corrected chi connectivity index (χ0v) is 18.6. The second-order valence-corrected chi connectivity index (χ2v) is 6.96. The van der Waals surface area contributed by atoms with Gasteiger partial charge in [-0.2, -0.15) is 0 Å². The van der Waals surface area contributed by atoms with Crippen LogP contribution < -0.4 is 24.0 Å². The topological polar surface area (TPSA) is 0 Å². The maximum absolute atomic E-state index is 3.84. The van der Waals surface area contributed by atoms with Crippen LogP contribution in [0.15, 0.2) is 0 Å². The Morgan fingerprint density at radius 3 is 1.24 bits per heavy atom. The highest BCUT2D eigenvalue weighted by Crippen LogP contribution is 2.18. The van der Waals surface area contributed by atoms with E-state index >= 15 is 0 Å². The summed E-state index contributed by atoms with van der Waals surface area (Å²) >= 11 is 3.84. The number of hydrogen-bond donors (Lipinski definition) is 0. The first-order valence-electron chi connectivity index (χ1n) is 9.15. The molecule has 0 aliphatic carbocycles. The zero-order valence-electron chi connectivity index (χ0n) is 14.8. The molecule has 0 saturated heterocycles. The molecule has 0 aromatic rings. The second-order valence-electron chi connectivity index (χ2n) is 6.46. The van der Waals surface area contributed by atoms with Gasteiger partial charge in [0, 0.05) is 0 Å².